The average molecular weight is 331 g/mol. The zero-order valence-corrected chi connectivity index (χ0v) is 13.0. The molecule has 24 heavy (non-hydrogen) atoms. The molecular weight excluding hydrogens is 314 g/mol. The molecule has 3 atom stereocenters. The summed E-state index contributed by atoms with van der Waals surface area (Å²) >= 11 is 0. The van der Waals surface area contributed by atoms with Crippen LogP contribution in [-0.2, 0) is 14.3 Å². The SMILES string of the molecule is COC(=O)/C=C1\C[C@H](O)C[C@@H](N=[N+]=[N-])[C@@H]1OC(=O)c1ccccc1. The first-order chi connectivity index (χ1) is 11.5. The number of nitrogens with zero attached hydrogens (tertiary/aromatic N) is 3. The van der Waals surface area contributed by atoms with Crippen molar-refractivity contribution in [2.24, 2.45) is 5.11 Å². The number of azide groups is 1. The predicted molar refractivity (Wildman–Crippen MR) is 83.9 cm³/mol. The van der Waals surface area contributed by atoms with Crippen molar-refractivity contribution in [2.75, 3.05) is 7.11 Å². The third-order valence-corrected chi connectivity index (χ3v) is 3.65. The fourth-order valence-electron chi connectivity index (χ4n) is 2.56. The molecule has 1 aromatic rings. The van der Waals surface area contributed by atoms with Gasteiger partial charge >= 0.3 is 11.9 Å². The summed E-state index contributed by atoms with van der Waals surface area (Å²) in [4.78, 5) is 26.5. The summed E-state index contributed by atoms with van der Waals surface area (Å²) in [5.74, 6) is -1.24. The zero-order valence-electron chi connectivity index (χ0n) is 13.0. The first-order valence-corrected chi connectivity index (χ1v) is 7.32. The number of rotatable bonds is 4. The van der Waals surface area contributed by atoms with Gasteiger partial charge in [-0.1, -0.05) is 23.3 Å². The van der Waals surface area contributed by atoms with E-state index in [2.05, 4.69) is 14.8 Å². The third-order valence-electron chi connectivity index (χ3n) is 3.65. The summed E-state index contributed by atoms with van der Waals surface area (Å²) in [7, 11) is 1.22. The minimum absolute atomic E-state index is 0.124. The van der Waals surface area contributed by atoms with Crippen molar-refractivity contribution in [3.05, 3.63) is 58.0 Å². The van der Waals surface area contributed by atoms with Gasteiger partial charge in [-0.2, -0.15) is 0 Å². The maximum atomic E-state index is 12.3. The molecule has 0 amide bonds. The van der Waals surface area contributed by atoms with Gasteiger partial charge in [-0.15, -0.1) is 0 Å². The average Bonchev–Trinajstić information content (AvgIpc) is 2.58. The minimum atomic E-state index is -0.934. The number of carbonyl (C=O) groups is 2. The summed E-state index contributed by atoms with van der Waals surface area (Å²) in [6.45, 7) is 0. The molecule has 0 aromatic heterocycles. The lowest BCUT2D eigenvalue weighted by Gasteiger charge is -2.33. The van der Waals surface area contributed by atoms with E-state index in [1.165, 1.54) is 7.11 Å². The quantitative estimate of drug-likeness (QED) is 0.298. The lowest BCUT2D eigenvalue weighted by Crippen LogP contribution is -2.40. The van der Waals surface area contributed by atoms with Crippen molar-refractivity contribution >= 4 is 11.9 Å². The first kappa shape index (κ1) is 17.5. The van der Waals surface area contributed by atoms with Crippen LogP contribution in [-0.4, -0.2) is 42.4 Å². The number of ether oxygens (including phenoxy) is 2. The van der Waals surface area contributed by atoms with Crippen LogP contribution in [0.15, 0.2) is 47.1 Å². The van der Waals surface area contributed by atoms with Gasteiger partial charge in [0, 0.05) is 11.0 Å². The second-order valence-electron chi connectivity index (χ2n) is 5.30. The van der Waals surface area contributed by atoms with Gasteiger partial charge in [0.25, 0.3) is 0 Å². The van der Waals surface area contributed by atoms with Crippen molar-refractivity contribution in [2.45, 2.75) is 31.1 Å². The number of aliphatic hydroxyl groups is 1. The third kappa shape index (κ3) is 4.34. The van der Waals surface area contributed by atoms with E-state index in [0.29, 0.717) is 11.1 Å². The number of hydrogen-bond donors (Lipinski definition) is 1. The van der Waals surface area contributed by atoms with Crippen LogP contribution in [0.5, 0.6) is 0 Å². The second kappa shape index (κ2) is 8.14. The summed E-state index contributed by atoms with van der Waals surface area (Å²) in [5, 5.41) is 13.5. The van der Waals surface area contributed by atoms with Gasteiger partial charge in [0.2, 0.25) is 0 Å². The standard InChI is InChI=1S/C16H17N3O5/c1-23-14(21)8-11-7-12(20)9-13(18-19-17)15(11)24-16(22)10-5-3-2-4-6-10/h2-6,8,12-13,15,20H,7,9H2,1H3/b11-8+/t12-,13+,15+/m0/s1. The highest BCUT2D eigenvalue weighted by molar-refractivity contribution is 5.90. The van der Waals surface area contributed by atoms with Crippen LogP contribution < -0.4 is 0 Å². The minimum Gasteiger partial charge on any atom is -0.466 e. The van der Waals surface area contributed by atoms with Crippen molar-refractivity contribution in [3.8, 4) is 0 Å². The van der Waals surface area contributed by atoms with E-state index in [4.69, 9.17) is 10.3 Å². The Kier molecular flexibility index (Phi) is 5.95. The Labute approximate surface area is 138 Å². The molecule has 0 bridgehead atoms. The van der Waals surface area contributed by atoms with Gasteiger partial charge in [0.1, 0.15) is 6.10 Å². The largest absolute Gasteiger partial charge is 0.466 e. The van der Waals surface area contributed by atoms with Gasteiger partial charge < -0.3 is 14.6 Å². The number of esters is 2. The lowest BCUT2D eigenvalue weighted by atomic mass is 9.85. The second-order valence-corrected chi connectivity index (χ2v) is 5.30. The Morgan fingerprint density at radius 1 is 1.38 bits per heavy atom. The van der Waals surface area contributed by atoms with E-state index in [-0.39, 0.29) is 12.8 Å². The van der Waals surface area contributed by atoms with Gasteiger partial charge in [-0.05, 0) is 36.1 Å². The highest BCUT2D eigenvalue weighted by Gasteiger charge is 2.36. The van der Waals surface area contributed by atoms with Crippen LogP contribution in [0.1, 0.15) is 23.2 Å². The van der Waals surface area contributed by atoms with Crippen molar-refractivity contribution in [1.82, 2.24) is 0 Å². The maximum Gasteiger partial charge on any atom is 0.338 e. The molecule has 8 heteroatoms. The Bertz CT molecular complexity index is 682. The maximum absolute atomic E-state index is 12.3. The Hall–Kier alpha value is -2.83. The Morgan fingerprint density at radius 2 is 2.08 bits per heavy atom. The molecule has 1 aliphatic carbocycles. The molecular formula is C16H17N3O5. The summed E-state index contributed by atoms with van der Waals surface area (Å²) < 4.78 is 10.0. The molecule has 0 radical (unpaired) electrons. The Morgan fingerprint density at radius 3 is 2.71 bits per heavy atom. The van der Waals surface area contributed by atoms with Crippen LogP contribution in [0.25, 0.3) is 10.4 Å². The van der Waals surface area contributed by atoms with Gasteiger partial charge in [0.15, 0.2) is 0 Å². The molecule has 8 nitrogen and oxygen atoms in total. The van der Waals surface area contributed by atoms with E-state index in [1.54, 1.807) is 30.3 Å². The van der Waals surface area contributed by atoms with E-state index in [0.717, 1.165) is 6.08 Å². The summed E-state index contributed by atoms with van der Waals surface area (Å²) in [6.07, 6.45) is -0.320. The molecule has 2 rings (SSSR count). The van der Waals surface area contributed by atoms with E-state index in [1.807, 2.05) is 0 Å². The molecule has 0 heterocycles. The van der Waals surface area contributed by atoms with Crippen molar-refractivity contribution < 1.29 is 24.2 Å². The van der Waals surface area contributed by atoms with E-state index >= 15 is 0 Å². The molecule has 1 aliphatic rings. The van der Waals surface area contributed by atoms with Gasteiger partial charge in [0.05, 0.1) is 24.8 Å². The summed E-state index contributed by atoms with van der Waals surface area (Å²) in [5.41, 5.74) is 9.40. The highest BCUT2D eigenvalue weighted by Crippen LogP contribution is 2.30. The number of carbonyl (C=O) groups excluding carboxylic acids is 2. The number of aliphatic hydroxyl groups excluding tert-OH is 1. The molecule has 0 saturated heterocycles. The number of methoxy groups -OCH3 is 1. The molecule has 0 aliphatic heterocycles. The fourth-order valence-corrected chi connectivity index (χ4v) is 2.56. The topological polar surface area (TPSA) is 122 Å². The van der Waals surface area contributed by atoms with Crippen LogP contribution in [0.3, 0.4) is 0 Å². The summed E-state index contributed by atoms with van der Waals surface area (Å²) in [6, 6.07) is 7.52. The van der Waals surface area contributed by atoms with Crippen LogP contribution in [0, 0.1) is 0 Å². The van der Waals surface area contributed by atoms with Crippen LogP contribution >= 0.6 is 0 Å². The Balaban J connectivity index is 2.30. The van der Waals surface area contributed by atoms with Crippen LogP contribution in [0.4, 0.5) is 0 Å². The zero-order chi connectivity index (χ0) is 17.5. The van der Waals surface area contributed by atoms with Crippen molar-refractivity contribution in [3.63, 3.8) is 0 Å². The smallest absolute Gasteiger partial charge is 0.338 e. The molecule has 1 N–H and O–H groups in total. The molecule has 1 aromatic carbocycles. The van der Waals surface area contributed by atoms with Gasteiger partial charge in [-0.3, -0.25) is 0 Å². The lowest BCUT2D eigenvalue weighted by molar-refractivity contribution is -0.135. The fraction of sp³-hybridized carbons (Fsp3) is 0.375. The highest BCUT2D eigenvalue weighted by atomic mass is 16.5. The first-order valence-electron chi connectivity index (χ1n) is 7.32. The molecule has 126 valence electrons. The monoisotopic (exact) mass is 331 g/mol. The normalized spacial score (nSPS) is 24.8. The van der Waals surface area contributed by atoms with Crippen molar-refractivity contribution in [1.29, 1.82) is 0 Å². The van der Waals surface area contributed by atoms with Crippen LogP contribution in [0.2, 0.25) is 0 Å². The number of benzene rings is 1. The molecule has 1 saturated carbocycles. The molecule has 1 fully saturated rings. The van der Waals surface area contributed by atoms with Gasteiger partial charge in [-0.25, -0.2) is 9.59 Å². The number of hydrogen-bond acceptors (Lipinski definition) is 6. The van der Waals surface area contributed by atoms with E-state index < -0.39 is 30.2 Å². The molecule has 0 spiro atoms. The van der Waals surface area contributed by atoms with E-state index in [9.17, 15) is 14.7 Å². The molecule has 0 unspecified atom stereocenters. The predicted octanol–water partition coefficient (Wildman–Crippen LogP) is 2.14.